The van der Waals surface area contributed by atoms with Crippen LogP contribution in [0.3, 0.4) is 0 Å². The van der Waals surface area contributed by atoms with Gasteiger partial charge in [-0.05, 0) is 48.8 Å². The number of nitrogens with zero attached hydrogens (tertiary/aromatic N) is 1. The standard InChI is InChI=1S/C17H21N3OS/c1-4-14(13-9-6-5-8-12(13)2)19-17(22)20-16-15(21-3)10-7-11-18-16/h5-11,14H,4H2,1-3H3,(H2,18,19,20,22)/t14-/m1/s1. The fourth-order valence-corrected chi connectivity index (χ4v) is 2.57. The molecule has 0 aliphatic heterocycles. The summed E-state index contributed by atoms with van der Waals surface area (Å²) in [7, 11) is 1.61. The average Bonchev–Trinajstić information content (AvgIpc) is 2.54. The first kappa shape index (κ1) is 16.2. The van der Waals surface area contributed by atoms with Crippen molar-refractivity contribution in [1.82, 2.24) is 10.3 Å². The van der Waals surface area contributed by atoms with Crippen molar-refractivity contribution < 1.29 is 4.74 Å². The molecule has 1 aromatic heterocycles. The van der Waals surface area contributed by atoms with Crippen LogP contribution < -0.4 is 15.4 Å². The van der Waals surface area contributed by atoms with Gasteiger partial charge in [-0.25, -0.2) is 4.98 Å². The second kappa shape index (κ2) is 7.75. The largest absolute Gasteiger partial charge is 0.493 e. The van der Waals surface area contributed by atoms with Crippen molar-refractivity contribution in [2.24, 2.45) is 0 Å². The molecule has 1 aromatic carbocycles. The van der Waals surface area contributed by atoms with Gasteiger partial charge in [-0.1, -0.05) is 31.2 Å². The maximum atomic E-state index is 5.41. The number of aromatic nitrogens is 1. The van der Waals surface area contributed by atoms with Crippen LogP contribution in [0.5, 0.6) is 5.75 Å². The molecular formula is C17H21N3OS. The Labute approximate surface area is 136 Å². The lowest BCUT2D eigenvalue weighted by molar-refractivity contribution is 0.415. The summed E-state index contributed by atoms with van der Waals surface area (Å²) >= 11 is 5.41. The predicted octanol–water partition coefficient (Wildman–Crippen LogP) is 3.84. The zero-order valence-corrected chi connectivity index (χ0v) is 13.9. The number of hydrogen-bond acceptors (Lipinski definition) is 3. The number of thiocarbonyl (C=S) groups is 1. The van der Waals surface area contributed by atoms with Crippen molar-refractivity contribution >= 4 is 23.1 Å². The van der Waals surface area contributed by atoms with Gasteiger partial charge in [0.2, 0.25) is 0 Å². The monoisotopic (exact) mass is 315 g/mol. The second-order valence-electron chi connectivity index (χ2n) is 4.97. The number of benzene rings is 1. The minimum absolute atomic E-state index is 0.163. The Morgan fingerprint density at radius 3 is 2.73 bits per heavy atom. The van der Waals surface area contributed by atoms with Gasteiger partial charge in [0.05, 0.1) is 13.2 Å². The first-order valence-electron chi connectivity index (χ1n) is 7.27. The van der Waals surface area contributed by atoms with Crippen LogP contribution in [0, 0.1) is 6.92 Å². The highest BCUT2D eigenvalue weighted by Gasteiger charge is 2.13. The fraction of sp³-hybridized carbons (Fsp3) is 0.294. The predicted molar refractivity (Wildman–Crippen MR) is 94.4 cm³/mol. The number of hydrogen-bond donors (Lipinski definition) is 2. The molecule has 2 N–H and O–H groups in total. The Bertz CT molecular complexity index is 645. The van der Waals surface area contributed by atoms with Crippen LogP contribution in [-0.4, -0.2) is 17.2 Å². The first-order valence-corrected chi connectivity index (χ1v) is 7.68. The van der Waals surface area contributed by atoms with Gasteiger partial charge in [0.15, 0.2) is 16.7 Å². The molecule has 0 bridgehead atoms. The van der Waals surface area contributed by atoms with E-state index in [2.05, 4.69) is 41.6 Å². The van der Waals surface area contributed by atoms with Gasteiger partial charge in [0, 0.05) is 6.20 Å². The number of methoxy groups -OCH3 is 1. The number of ether oxygens (including phenoxy) is 1. The number of nitrogens with one attached hydrogen (secondary N) is 2. The van der Waals surface area contributed by atoms with Crippen LogP contribution in [-0.2, 0) is 0 Å². The summed E-state index contributed by atoms with van der Waals surface area (Å²) in [5.74, 6) is 1.28. The lowest BCUT2D eigenvalue weighted by Gasteiger charge is -2.21. The van der Waals surface area contributed by atoms with Gasteiger partial charge in [-0.2, -0.15) is 0 Å². The van der Waals surface area contributed by atoms with Crippen LogP contribution in [0.4, 0.5) is 5.82 Å². The van der Waals surface area contributed by atoms with Gasteiger partial charge >= 0.3 is 0 Å². The molecule has 5 heteroatoms. The van der Waals surface area contributed by atoms with Crippen molar-refractivity contribution in [2.75, 3.05) is 12.4 Å². The van der Waals surface area contributed by atoms with Crippen LogP contribution >= 0.6 is 12.2 Å². The molecule has 0 aliphatic carbocycles. The van der Waals surface area contributed by atoms with Crippen molar-refractivity contribution in [3.8, 4) is 5.75 Å². The minimum atomic E-state index is 0.163. The van der Waals surface area contributed by atoms with E-state index in [0.717, 1.165) is 6.42 Å². The Hall–Kier alpha value is -2.14. The molecule has 0 aliphatic rings. The zero-order valence-electron chi connectivity index (χ0n) is 13.1. The van der Waals surface area contributed by atoms with E-state index in [1.807, 2.05) is 24.3 Å². The third kappa shape index (κ3) is 3.95. The molecule has 116 valence electrons. The summed E-state index contributed by atoms with van der Waals surface area (Å²) in [5, 5.41) is 6.98. The molecule has 1 atom stereocenters. The lowest BCUT2D eigenvalue weighted by atomic mass is 10.00. The van der Waals surface area contributed by atoms with Gasteiger partial charge < -0.3 is 15.4 Å². The summed E-state index contributed by atoms with van der Waals surface area (Å²) in [4.78, 5) is 4.25. The molecular weight excluding hydrogens is 294 g/mol. The van der Waals surface area contributed by atoms with Crippen LogP contribution in [0.15, 0.2) is 42.6 Å². The van der Waals surface area contributed by atoms with Crippen LogP contribution in [0.2, 0.25) is 0 Å². The molecule has 0 unspecified atom stereocenters. The Morgan fingerprint density at radius 1 is 1.27 bits per heavy atom. The molecule has 1 heterocycles. The van der Waals surface area contributed by atoms with Crippen molar-refractivity contribution in [2.45, 2.75) is 26.3 Å². The molecule has 4 nitrogen and oxygen atoms in total. The van der Waals surface area contributed by atoms with E-state index < -0.39 is 0 Å². The zero-order chi connectivity index (χ0) is 15.9. The summed E-state index contributed by atoms with van der Waals surface area (Å²) < 4.78 is 5.27. The van der Waals surface area contributed by atoms with Crippen molar-refractivity contribution in [3.63, 3.8) is 0 Å². The van der Waals surface area contributed by atoms with Gasteiger partial charge in [0.25, 0.3) is 0 Å². The smallest absolute Gasteiger partial charge is 0.174 e. The fourth-order valence-electron chi connectivity index (χ4n) is 2.33. The Morgan fingerprint density at radius 2 is 2.05 bits per heavy atom. The minimum Gasteiger partial charge on any atom is -0.493 e. The summed E-state index contributed by atoms with van der Waals surface area (Å²) in [6.07, 6.45) is 2.64. The van der Waals surface area contributed by atoms with Gasteiger partial charge in [0.1, 0.15) is 0 Å². The van der Waals surface area contributed by atoms with Crippen molar-refractivity contribution in [3.05, 3.63) is 53.7 Å². The molecule has 0 radical (unpaired) electrons. The average molecular weight is 315 g/mol. The molecule has 0 spiro atoms. The van der Waals surface area contributed by atoms with E-state index in [1.54, 1.807) is 13.3 Å². The quantitative estimate of drug-likeness (QED) is 0.821. The van der Waals surface area contributed by atoms with Crippen LogP contribution in [0.25, 0.3) is 0 Å². The molecule has 0 fully saturated rings. The SMILES string of the molecule is CC[C@@H](NC(=S)Nc1ncccc1OC)c1ccccc1C. The summed E-state index contributed by atoms with van der Waals surface area (Å²) in [6.45, 7) is 4.24. The molecule has 0 saturated carbocycles. The topological polar surface area (TPSA) is 46.2 Å². The van der Waals surface area contributed by atoms with Gasteiger partial charge in [-0.15, -0.1) is 0 Å². The van der Waals surface area contributed by atoms with E-state index in [1.165, 1.54) is 11.1 Å². The highest BCUT2D eigenvalue weighted by molar-refractivity contribution is 7.80. The van der Waals surface area contributed by atoms with E-state index in [9.17, 15) is 0 Å². The molecule has 22 heavy (non-hydrogen) atoms. The third-order valence-electron chi connectivity index (χ3n) is 3.50. The van der Waals surface area contributed by atoms with Crippen molar-refractivity contribution in [1.29, 1.82) is 0 Å². The molecule has 2 aromatic rings. The normalized spacial score (nSPS) is 11.6. The van der Waals surface area contributed by atoms with Crippen LogP contribution in [0.1, 0.15) is 30.5 Å². The number of aryl methyl sites for hydroxylation is 1. The van der Waals surface area contributed by atoms with E-state index in [4.69, 9.17) is 17.0 Å². The van der Waals surface area contributed by atoms with E-state index in [-0.39, 0.29) is 6.04 Å². The second-order valence-corrected chi connectivity index (χ2v) is 5.38. The highest BCUT2D eigenvalue weighted by Crippen LogP contribution is 2.22. The number of pyridine rings is 1. The van der Waals surface area contributed by atoms with Gasteiger partial charge in [-0.3, -0.25) is 0 Å². The lowest BCUT2D eigenvalue weighted by Crippen LogP contribution is -2.32. The van der Waals surface area contributed by atoms with E-state index >= 15 is 0 Å². The molecule has 0 saturated heterocycles. The highest BCUT2D eigenvalue weighted by atomic mass is 32.1. The summed E-state index contributed by atoms with van der Waals surface area (Å²) in [6, 6.07) is 12.2. The maximum absolute atomic E-state index is 5.41. The first-order chi connectivity index (χ1) is 10.7. The Kier molecular flexibility index (Phi) is 5.72. The van der Waals surface area contributed by atoms with E-state index in [0.29, 0.717) is 16.7 Å². The number of anilines is 1. The Balaban J connectivity index is 2.08. The molecule has 0 amide bonds. The number of rotatable bonds is 5. The third-order valence-corrected chi connectivity index (χ3v) is 3.72. The summed E-state index contributed by atoms with van der Waals surface area (Å²) in [5.41, 5.74) is 2.50. The molecule has 2 rings (SSSR count). The maximum Gasteiger partial charge on any atom is 0.174 e.